The van der Waals surface area contributed by atoms with Crippen LogP contribution in [0.2, 0.25) is 0 Å². The molecule has 0 radical (unpaired) electrons. The molecule has 5 heteroatoms. The van der Waals surface area contributed by atoms with Crippen LogP contribution in [0, 0.1) is 25.5 Å². The van der Waals surface area contributed by atoms with Gasteiger partial charge >= 0.3 is 5.97 Å². The molecule has 1 N–H and O–H groups in total. The zero-order valence-electron chi connectivity index (χ0n) is 12.5. The number of carbonyl (C=O) groups is 1. The number of aryl methyl sites for hydroxylation is 2. The van der Waals surface area contributed by atoms with Crippen molar-refractivity contribution in [1.29, 1.82) is 0 Å². The number of carboxylic acid groups (broad SMARTS) is 1. The summed E-state index contributed by atoms with van der Waals surface area (Å²) in [6, 6.07) is 8.65. The first-order valence-corrected chi connectivity index (χ1v) is 6.97. The van der Waals surface area contributed by atoms with Crippen molar-refractivity contribution in [3.05, 3.63) is 64.7 Å². The number of aromatic carboxylic acids is 1. The fourth-order valence-corrected chi connectivity index (χ4v) is 2.67. The van der Waals surface area contributed by atoms with Gasteiger partial charge in [0.15, 0.2) is 5.82 Å². The van der Waals surface area contributed by atoms with Gasteiger partial charge in [-0.25, -0.2) is 18.6 Å². The van der Waals surface area contributed by atoms with Crippen LogP contribution in [0.3, 0.4) is 0 Å². The Balaban J connectivity index is 2.37. The molecule has 3 nitrogen and oxygen atoms in total. The highest BCUT2D eigenvalue weighted by Gasteiger charge is 2.17. The lowest BCUT2D eigenvalue weighted by Gasteiger charge is -2.10. The van der Waals surface area contributed by atoms with E-state index in [1.807, 2.05) is 32.0 Å². The van der Waals surface area contributed by atoms with Crippen molar-refractivity contribution >= 4 is 16.9 Å². The third-order valence-electron chi connectivity index (χ3n) is 3.72. The van der Waals surface area contributed by atoms with Crippen molar-refractivity contribution in [3.63, 3.8) is 0 Å². The van der Waals surface area contributed by atoms with E-state index in [9.17, 15) is 18.7 Å². The molecule has 2 aromatic carbocycles. The third-order valence-corrected chi connectivity index (χ3v) is 3.72. The molecule has 1 heterocycles. The minimum absolute atomic E-state index is 0.0523. The lowest BCUT2D eigenvalue weighted by molar-refractivity contribution is 0.0699. The average Bonchev–Trinajstić information content (AvgIpc) is 2.46. The van der Waals surface area contributed by atoms with E-state index in [1.165, 1.54) is 6.07 Å². The Labute approximate surface area is 131 Å². The molecule has 0 unspecified atom stereocenters. The molecule has 0 aliphatic carbocycles. The van der Waals surface area contributed by atoms with Crippen LogP contribution in [0.4, 0.5) is 8.78 Å². The number of halogens is 2. The summed E-state index contributed by atoms with van der Waals surface area (Å²) in [5.74, 6) is -2.97. The molecule has 0 aliphatic rings. The van der Waals surface area contributed by atoms with Crippen molar-refractivity contribution < 1.29 is 18.7 Å². The normalized spacial score (nSPS) is 11.0. The SMILES string of the molecule is Cc1ccc(-c2cc(C(=O)O)c3cc(F)cc(F)c3n2)c(C)c1. The number of hydrogen-bond acceptors (Lipinski definition) is 2. The van der Waals surface area contributed by atoms with E-state index in [-0.39, 0.29) is 16.5 Å². The zero-order chi connectivity index (χ0) is 16.7. The highest BCUT2D eigenvalue weighted by Crippen LogP contribution is 2.29. The second-order valence-electron chi connectivity index (χ2n) is 5.46. The van der Waals surface area contributed by atoms with Gasteiger partial charge in [0, 0.05) is 17.0 Å². The molecule has 0 saturated carbocycles. The van der Waals surface area contributed by atoms with E-state index in [0.29, 0.717) is 17.3 Å². The van der Waals surface area contributed by atoms with Crippen molar-refractivity contribution in [3.8, 4) is 11.3 Å². The molecule has 3 aromatic rings. The first-order valence-electron chi connectivity index (χ1n) is 6.97. The fourth-order valence-electron chi connectivity index (χ4n) is 2.67. The highest BCUT2D eigenvalue weighted by atomic mass is 19.1. The van der Waals surface area contributed by atoms with E-state index >= 15 is 0 Å². The molecular formula is C18H13F2NO2. The number of carboxylic acids is 1. The van der Waals surface area contributed by atoms with Gasteiger partial charge in [-0.3, -0.25) is 0 Å². The van der Waals surface area contributed by atoms with Crippen LogP contribution in [-0.4, -0.2) is 16.1 Å². The Morgan fingerprint density at radius 1 is 1.09 bits per heavy atom. The summed E-state index contributed by atoms with van der Waals surface area (Å²) < 4.78 is 27.5. The van der Waals surface area contributed by atoms with Crippen molar-refractivity contribution in [2.75, 3.05) is 0 Å². The second kappa shape index (κ2) is 5.43. The predicted octanol–water partition coefficient (Wildman–Crippen LogP) is 4.50. The highest BCUT2D eigenvalue weighted by molar-refractivity contribution is 6.04. The third kappa shape index (κ3) is 2.65. The summed E-state index contributed by atoms with van der Waals surface area (Å²) in [7, 11) is 0. The van der Waals surface area contributed by atoms with Gasteiger partial charge in [-0.05, 0) is 31.5 Å². The predicted molar refractivity (Wildman–Crippen MR) is 83.5 cm³/mol. The van der Waals surface area contributed by atoms with E-state index in [2.05, 4.69) is 4.98 Å². The van der Waals surface area contributed by atoms with E-state index in [4.69, 9.17) is 0 Å². The Morgan fingerprint density at radius 3 is 2.48 bits per heavy atom. The quantitative estimate of drug-likeness (QED) is 0.758. The number of pyridine rings is 1. The van der Waals surface area contributed by atoms with E-state index in [0.717, 1.165) is 17.2 Å². The first-order chi connectivity index (χ1) is 10.9. The molecular weight excluding hydrogens is 300 g/mol. The summed E-state index contributed by atoms with van der Waals surface area (Å²) in [5.41, 5.74) is 2.68. The lowest BCUT2D eigenvalue weighted by atomic mass is 9.99. The minimum atomic E-state index is -1.26. The number of aromatic nitrogens is 1. The lowest BCUT2D eigenvalue weighted by Crippen LogP contribution is -2.02. The maximum absolute atomic E-state index is 14.1. The molecule has 0 aliphatic heterocycles. The number of fused-ring (bicyclic) bond motifs is 1. The summed E-state index contributed by atoms with van der Waals surface area (Å²) in [5, 5.41) is 9.32. The summed E-state index contributed by atoms with van der Waals surface area (Å²) in [6.07, 6.45) is 0. The van der Waals surface area contributed by atoms with Gasteiger partial charge in [-0.2, -0.15) is 0 Å². The van der Waals surface area contributed by atoms with Crippen LogP contribution >= 0.6 is 0 Å². The molecule has 0 bridgehead atoms. The topological polar surface area (TPSA) is 50.2 Å². The van der Waals surface area contributed by atoms with Crippen molar-refractivity contribution in [2.45, 2.75) is 13.8 Å². The smallest absolute Gasteiger partial charge is 0.336 e. The summed E-state index contributed by atoms with van der Waals surface area (Å²) >= 11 is 0. The maximum Gasteiger partial charge on any atom is 0.336 e. The minimum Gasteiger partial charge on any atom is -0.478 e. The molecule has 0 spiro atoms. The molecule has 0 fully saturated rings. The number of nitrogens with zero attached hydrogens (tertiary/aromatic N) is 1. The van der Waals surface area contributed by atoms with Gasteiger partial charge in [0.2, 0.25) is 0 Å². The average molecular weight is 313 g/mol. The van der Waals surface area contributed by atoms with Gasteiger partial charge in [-0.1, -0.05) is 23.8 Å². The Bertz CT molecular complexity index is 951. The Hall–Kier alpha value is -2.82. The zero-order valence-corrected chi connectivity index (χ0v) is 12.5. The van der Waals surface area contributed by atoms with Crippen LogP contribution in [0.1, 0.15) is 21.5 Å². The van der Waals surface area contributed by atoms with E-state index in [1.54, 1.807) is 0 Å². The standard InChI is InChI=1S/C18H13F2NO2/c1-9-3-4-12(10(2)5-9)16-8-14(18(22)23)13-6-11(19)7-15(20)17(13)21-16/h3-8H,1-2H3,(H,22,23). The van der Waals surface area contributed by atoms with Gasteiger partial charge in [0.1, 0.15) is 11.3 Å². The molecule has 0 atom stereocenters. The number of benzene rings is 2. The van der Waals surface area contributed by atoms with Crippen LogP contribution in [0.25, 0.3) is 22.2 Å². The monoisotopic (exact) mass is 313 g/mol. The van der Waals surface area contributed by atoms with Gasteiger partial charge in [0.25, 0.3) is 0 Å². The van der Waals surface area contributed by atoms with Crippen LogP contribution in [0.5, 0.6) is 0 Å². The molecule has 1 aromatic heterocycles. The van der Waals surface area contributed by atoms with Crippen molar-refractivity contribution in [2.24, 2.45) is 0 Å². The van der Waals surface area contributed by atoms with Crippen molar-refractivity contribution in [1.82, 2.24) is 4.98 Å². The Kier molecular flexibility index (Phi) is 3.56. The number of rotatable bonds is 2. The second-order valence-corrected chi connectivity index (χ2v) is 5.46. The van der Waals surface area contributed by atoms with Crippen LogP contribution in [-0.2, 0) is 0 Å². The van der Waals surface area contributed by atoms with Crippen LogP contribution < -0.4 is 0 Å². The van der Waals surface area contributed by atoms with Gasteiger partial charge < -0.3 is 5.11 Å². The molecule has 0 amide bonds. The maximum atomic E-state index is 14.1. The van der Waals surface area contributed by atoms with Gasteiger partial charge in [0.05, 0.1) is 11.3 Å². The Morgan fingerprint density at radius 2 is 1.83 bits per heavy atom. The summed E-state index contributed by atoms with van der Waals surface area (Å²) in [6.45, 7) is 3.81. The van der Waals surface area contributed by atoms with Gasteiger partial charge in [-0.15, -0.1) is 0 Å². The largest absolute Gasteiger partial charge is 0.478 e. The fraction of sp³-hybridized carbons (Fsp3) is 0.111. The molecule has 0 saturated heterocycles. The summed E-state index contributed by atoms with van der Waals surface area (Å²) in [4.78, 5) is 15.7. The van der Waals surface area contributed by atoms with E-state index < -0.39 is 17.6 Å². The first kappa shape index (κ1) is 15.1. The molecule has 116 valence electrons. The molecule has 23 heavy (non-hydrogen) atoms. The molecule has 3 rings (SSSR count). The van der Waals surface area contributed by atoms with Crippen LogP contribution in [0.15, 0.2) is 36.4 Å². The number of hydrogen-bond donors (Lipinski definition) is 1.